The SMILES string of the molecule is O=C(O)c1ccc(NC(=O)c2[nH]ncc2CNc2ccccc2C(O)c2ccc(Cl)c(Cl)c2)cc1. The van der Waals surface area contributed by atoms with E-state index < -0.39 is 18.0 Å². The number of nitrogens with one attached hydrogen (secondary N) is 3. The Balaban J connectivity index is 1.48. The van der Waals surface area contributed by atoms with Crippen LogP contribution in [0.4, 0.5) is 11.4 Å². The first kappa shape index (κ1) is 24.3. The fraction of sp³-hybridized carbons (Fsp3) is 0.0800. The number of nitrogens with zero attached hydrogens (tertiary/aromatic N) is 1. The molecule has 10 heteroatoms. The summed E-state index contributed by atoms with van der Waals surface area (Å²) in [7, 11) is 0. The van der Waals surface area contributed by atoms with Crippen molar-refractivity contribution in [2.24, 2.45) is 0 Å². The molecule has 1 heterocycles. The van der Waals surface area contributed by atoms with Crippen molar-refractivity contribution in [3.8, 4) is 0 Å². The van der Waals surface area contributed by atoms with E-state index in [0.717, 1.165) is 0 Å². The molecule has 0 saturated carbocycles. The summed E-state index contributed by atoms with van der Waals surface area (Å²) in [6, 6.07) is 18.0. The van der Waals surface area contributed by atoms with E-state index >= 15 is 0 Å². The number of carbonyl (C=O) groups excluding carboxylic acids is 1. The number of carboxylic acids is 1. The number of hydrogen-bond donors (Lipinski definition) is 5. The van der Waals surface area contributed by atoms with Gasteiger partial charge in [0.1, 0.15) is 11.8 Å². The van der Waals surface area contributed by atoms with Crippen LogP contribution in [0.5, 0.6) is 0 Å². The van der Waals surface area contributed by atoms with Gasteiger partial charge < -0.3 is 20.8 Å². The van der Waals surface area contributed by atoms with Crippen LogP contribution in [0, 0.1) is 0 Å². The quantitative estimate of drug-likeness (QED) is 0.217. The van der Waals surface area contributed by atoms with Crippen molar-refractivity contribution in [1.29, 1.82) is 0 Å². The fourth-order valence-corrected chi connectivity index (χ4v) is 3.79. The van der Waals surface area contributed by atoms with Crippen molar-refractivity contribution < 1.29 is 19.8 Å². The van der Waals surface area contributed by atoms with Crippen molar-refractivity contribution in [3.05, 3.63) is 111 Å². The van der Waals surface area contributed by atoms with Gasteiger partial charge in [0.05, 0.1) is 21.8 Å². The minimum atomic E-state index is -1.05. The Morgan fingerprint density at radius 2 is 1.74 bits per heavy atom. The molecule has 0 aliphatic heterocycles. The molecule has 35 heavy (non-hydrogen) atoms. The zero-order valence-corrected chi connectivity index (χ0v) is 19.6. The summed E-state index contributed by atoms with van der Waals surface area (Å²) in [5.41, 5.74) is 3.30. The van der Waals surface area contributed by atoms with E-state index in [1.807, 2.05) is 18.2 Å². The lowest BCUT2D eigenvalue weighted by Crippen LogP contribution is -2.16. The molecule has 0 spiro atoms. The standard InChI is InChI=1S/C25H20Cl2N4O4/c26-19-10-7-15(11-20(19)27)23(32)18-3-1-2-4-21(18)28-12-16-13-29-31-22(16)24(33)30-17-8-5-14(6-9-17)25(34)35/h1-11,13,23,28,32H,12H2,(H,29,31)(H,30,33)(H,34,35). The van der Waals surface area contributed by atoms with Crippen LogP contribution in [-0.4, -0.2) is 32.3 Å². The van der Waals surface area contributed by atoms with Crippen molar-refractivity contribution >= 4 is 46.5 Å². The lowest BCUT2D eigenvalue weighted by Gasteiger charge is -2.18. The number of aromatic amines is 1. The fourth-order valence-electron chi connectivity index (χ4n) is 3.48. The van der Waals surface area contributed by atoms with Crippen LogP contribution in [0.3, 0.4) is 0 Å². The second kappa shape index (κ2) is 10.6. The van der Waals surface area contributed by atoms with Crippen LogP contribution in [0.2, 0.25) is 10.0 Å². The first-order valence-corrected chi connectivity index (χ1v) is 11.2. The number of aliphatic hydroxyl groups excluding tert-OH is 1. The van der Waals surface area contributed by atoms with Gasteiger partial charge in [-0.2, -0.15) is 5.10 Å². The average Bonchev–Trinajstić information content (AvgIpc) is 3.33. The molecule has 178 valence electrons. The molecule has 5 N–H and O–H groups in total. The number of carbonyl (C=O) groups is 2. The van der Waals surface area contributed by atoms with Crippen LogP contribution in [0.15, 0.2) is 72.9 Å². The van der Waals surface area contributed by atoms with Crippen LogP contribution in [0.25, 0.3) is 0 Å². The van der Waals surface area contributed by atoms with Gasteiger partial charge in [-0.25, -0.2) is 4.79 Å². The van der Waals surface area contributed by atoms with Gasteiger partial charge in [-0.3, -0.25) is 9.89 Å². The molecule has 0 aliphatic rings. The predicted octanol–water partition coefficient (Wildman–Crippen LogP) is 5.36. The highest BCUT2D eigenvalue weighted by atomic mass is 35.5. The molecule has 1 aromatic heterocycles. The predicted molar refractivity (Wildman–Crippen MR) is 134 cm³/mol. The molecular formula is C25H20Cl2N4O4. The van der Waals surface area contributed by atoms with Crippen molar-refractivity contribution in [2.75, 3.05) is 10.6 Å². The van der Waals surface area contributed by atoms with E-state index in [1.54, 1.807) is 24.3 Å². The number of anilines is 2. The Labute approximate surface area is 210 Å². The molecule has 0 fully saturated rings. The number of H-pyrrole nitrogens is 1. The summed E-state index contributed by atoms with van der Waals surface area (Å²) in [6.45, 7) is 0.252. The summed E-state index contributed by atoms with van der Waals surface area (Å²) in [5.74, 6) is -1.47. The van der Waals surface area contributed by atoms with Gasteiger partial charge in [-0.05, 0) is 48.0 Å². The third-order valence-corrected chi connectivity index (χ3v) is 6.06. The summed E-state index contributed by atoms with van der Waals surface area (Å²) in [4.78, 5) is 23.8. The number of aromatic carboxylic acids is 1. The number of benzene rings is 3. The minimum absolute atomic E-state index is 0.121. The Hall–Kier alpha value is -3.85. The molecule has 4 aromatic rings. The third-order valence-electron chi connectivity index (χ3n) is 5.32. The Bertz CT molecular complexity index is 1370. The maximum Gasteiger partial charge on any atom is 0.335 e. The molecule has 8 nitrogen and oxygen atoms in total. The number of halogens is 2. The van der Waals surface area contributed by atoms with Gasteiger partial charge in [0, 0.05) is 29.0 Å². The zero-order valence-electron chi connectivity index (χ0n) is 18.1. The lowest BCUT2D eigenvalue weighted by molar-refractivity contribution is 0.0696. The monoisotopic (exact) mass is 510 g/mol. The van der Waals surface area contributed by atoms with E-state index in [-0.39, 0.29) is 17.8 Å². The van der Waals surface area contributed by atoms with E-state index in [4.69, 9.17) is 28.3 Å². The van der Waals surface area contributed by atoms with Gasteiger partial charge in [-0.15, -0.1) is 0 Å². The molecule has 1 unspecified atom stereocenters. The number of amides is 1. The second-order valence-electron chi connectivity index (χ2n) is 7.62. The highest BCUT2D eigenvalue weighted by Crippen LogP contribution is 2.32. The maximum atomic E-state index is 12.8. The summed E-state index contributed by atoms with van der Waals surface area (Å²) < 4.78 is 0. The van der Waals surface area contributed by atoms with Gasteiger partial charge in [-0.1, -0.05) is 47.5 Å². The molecule has 0 bridgehead atoms. The highest BCUT2D eigenvalue weighted by Gasteiger charge is 2.18. The second-order valence-corrected chi connectivity index (χ2v) is 8.44. The topological polar surface area (TPSA) is 127 Å². The molecule has 1 amide bonds. The van der Waals surface area contributed by atoms with Crippen LogP contribution in [-0.2, 0) is 6.54 Å². The van der Waals surface area contributed by atoms with E-state index in [2.05, 4.69) is 20.8 Å². The highest BCUT2D eigenvalue weighted by molar-refractivity contribution is 6.42. The largest absolute Gasteiger partial charge is 0.478 e. The number of aliphatic hydroxyl groups is 1. The van der Waals surface area contributed by atoms with E-state index in [1.165, 1.54) is 30.5 Å². The van der Waals surface area contributed by atoms with Crippen LogP contribution < -0.4 is 10.6 Å². The van der Waals surface area contributed by atoms with Crippen LogP contribution >= 0.6 is 23.2 Å². The summed E-state index contributed by atoms with van der Waals surface area (Å²) in [6.07, 6.45) is 0.586. The van der Waals surface area contributed by atoms with Crippen molar-refractivity contribution in [3.63, 3.8) is 0 Å². The average molecular weight is 511 g/mol. The Morgan fingerprint density at radius 1 is 1.00 bits per heavy atom. The minimum Gasteiger partial charge on any atom is -0.478 e. The van der Waals surface area contributed by atoms with Gasteiger partial charge in [0.15, 0.2) is 0 Å². The number of para-hydroxylation sites is 1. The van der Waals surface area contributed by atoms with Crippen LogP contribution in [0.1, 0.15) is 43.6 Å². The van der Waals surface area contributed by atoms with Crippen molar-refractivity contribution in [2.45, 2.75) is 12.6 Å². The third kappa shape index (κ3) is 5.63. The summed E-state index contributed by atoms with van der Waals surface area (Å²) >= 11 is 12.1. The summed E-state index contributed by atoms with van der Waals surface area (Å²) in [5, 5.41) is 33.3. The maximum absolute atomic E-state index is 12.8. The van der Waals surface area contributed by atoms with Gasteiger partial charge >= 0.3 is 5.97 Å². The molecule has 0 radical (unpaired) electrons. The number of aromatic nitrogens is 2. The van der Waals surface area contributed by atoms with Gasteiger partial charge in [0.25, 0.3) is 5.91 Å². The van der Waals surface area contributed by atoms with E-state index in [9.17, 15) is 14.7 Å². The lowest BCUT2D eigenvalue weighted by atomic mass is 9.99. The van der Waals surface area contributed by atoms with Crippen molar-refractivity contribution in [1.82, 2.24) is 10.2 Å². The normalized spacial score (nSPS) is 11.6. The van der Waals surface area contributed by atoms with E-state index in [0.29, 0.717) is 38.1 Å². The molecule has 0 aliphatic carbocycles. The molecule has 1 atom stereocenters. The molecule has 0 saturated heterocycles. The Morgan fingerprint density at radius 3 is 2.46 bits per heavy atom. The Kier molecular flexibility index (Phi) is 7.36. The smallest absolute Gasteiger partial charge is 0.335 e. The molecular weight excluding hydrogens is 491 g/mol. The zero-order chi connectivity index (χ0) is 24.9. The first-order valence-electron chi connectivity index (χ1n) is 10.5. The molecule has 3 aromatic carbocycles. The first-order chi connectivity index (χ1) is 16.8. The molecule has 4 rings (SSSR count). The number of hydrogen-bond acceptors (Lipinski definition) is 5. The number of rotatable bonds is 8. The number of carboxylic acid groups (broad SMARTS) is 1. The van der Waals surface area contributed by atoms with Gasteiger partial charge in [0.2, 0.25) is 0 Å².